The lowest BCUT2D eigenvalue weighted by Gasteiger charge is -2.39. The third kappa shape index (κ3) is 1.57. The van der Waals surface area contributed by atoms with Crippen LogP contribution in [0.25, 0.3) is 5.52 Å². The van der Waals surface area contributed by atoms with E-state index < -0.39 is 17.4 Å². The van der Waals surface area contributed by atoms with E-state index in [1.807, 2.05) is 0 Å². The van der Waals surface area contributed by atoms with Crippen LogP contribution in [-0.4, -0.2) is 20.3 Å². The second kappa shape index (κ2) is 4.13. The molecule has 2 aromatic heterocycles. The van der Waals surface area contributed by atoms with Crippen LogP contribution in [0.3, 0.4) is 0 Å². The summed E-state index contributed by atoms with van der Waals surface area (Å²) in [6.07, 6.45) is 2.83. The van der Waals surface area contributed by atoms with Crippen molar-refractivity contribution in [1.29, 1.82) is 5.26 Å². The Hall–Kier alpha value is -2.23. The number of halogens is 2. The van der Waals surface area contributed by atoms with Crippen molar-refractivity contribution in [1.82, 2.24) is 14.6 Å². The van der Waals surface area contributed by atoms with E-state index in [1.54, 1.807) is 13.0 Å². The number of nitrogens with zero attached hydrogens (tertiary/aromatic N) is 4. The number of nitrogens with two attached hydrogens (primary N) is 1. The Morgan fingerprint density at radius 2 is 2.25 bits per heavy atom. The summed E-state index contributed by atoms with van der Waals surface area (Å²) in [5.74, 6) is -1.40. The van der Waals surface area contributed by atoms with Crippen molar-refractivity contribution in [3.8, 4) is 6.07 Å². The van der Waals surface area contributed by atoms with Gasteiger partial charge in [-0.2, -0.15) is 5.26 Å². The topological polar surface area (TPSA) is 80.0 Å². The minimum Gasteiger partial charge on any atom is -0.367 e. The number of nitriles is 1. The molecule has 1 fully saturated rings. The van der Waals surface area contributed by atoms with E-state index in [2.05, 4.69) is 10.1 Å². The number of alkyl halides is 1. The second-order valence-electron chi connectivity index (χ2n) is 5.21. The van der Waals surface area contributed by atoms with Crippen molar-refractivity contribution in [3.05, 3.63) is 23.3 Å². The van der Waals surface area contributed by atoms with E-state index in [0.717, 1.165) is 6.42 Å². The first kappa shape index (κ1) is 12.8. The molecule has 1 aliphatic rings. The number of fused-ring (bicyclic) bond motifs is 1. The highest BCUT2D eigenvalue weighted by atomic mass is 19.1. The first-order valence-electron chi connectivity index (χ1n) is 6.39. The van der Waals surface area contributed by atoms with E-state index in [1.165, 1.54) is 10.7 Å². The van der Waals surface area contributed by atoms with Gasteiger partial charge < -0.3 is 5.73 Å². The highest BCUT2D eigenvalue weighted by Gasteiger charge is 2.45. The van der Waals surface area contributed by atoms with Gasteiger partial charge in [-0.1, -0.05) is 6.92 Å². The molecule has 20 heavy (non-hydrogen) atoms. The molecule has 1 aliphatic carbocycles. The maximum absolute atomic E-state index is 14.6. The van der Waals surface area contributed by atoms with Crippen molar-refractivity contribution in [2.24, 2.45) is 0 Å². The van der Waals surface area contributed by atoms with Gasteiger partial charge in [0.05, 0.1) is 11.9 Å². The highest BCUT2D eigenvalue weighted by Crippen LogP contribution is 2.47. The van der Waals surface area contributed by atoms with E-state index in [0.29, 0.717) is 12.8 Å². The summed E-state index contributed by atoms with van der Waals surface area (Å²) < 4.78 is 30.0. The second-order valence-corrected chi connectivity index (χ2v) is 5.21. The zero-order valence-electron chi connectivity index (χ0n) is 10.9. The Balaban J connectivity index is 2.28. The monoisotopic (exact) mass is 277 g/mol. The van der Waals surface area contributed by atoms with Gasteiger partial charge in [0.1, 0.15) is 22.8 Å². The summed E-state index contributed by atoms with van der Waals surface area (Å²) in [7, 11) is 0. The van der Waals surface area contributed by atoms with E-state index in [-0.39, 0.29) is 22.7 Å². The lowest BCUT2D eigenvalue weighted by Crippen LogP contribution is -2.38. The Bertz CT molecular complexity index is 726. The van der Waals surface area contributed by atoms with Crippen molar-refractivity contribution >= 4 is 11.5 Å². The summed E-state index contributed by atoms with van der Waals surface area (Å²) in [5, 5.41) is 13.1. The SMILES string of the molecule is CC(c1c(C#N)c(F)c2cnc(N)nn12)C1(F)CCC1. The third-order valence-electron chi connectivity index (χ3n) is 4.16. The normalized spacial score (nSPS) is 18.5. The molecular formula is C13H13F2N5. The van der Waals surface area contributed by atoms with Gasteiger partial charge in [0.2, 0.25) is 5.95 Å². The van der Waals surface area contributed by atoms with Crippen LogP contribution in [0.15, 0.2) is 6.20 Å². The van der Waals surface area contributed by atoms with Crippen LogP contribution in [0, 0.1) is 17.1 Å². The van der Waals surface area contributed by atoms with Crippen LogP contribution in [0.2, 0.25) is 0 Å². The zero-order chi connectivity index (χ0) is 14.5. The van der Waals surface area contributed by atoms with Crippen LogP contribution < -0.4 is 5.73 Å². The number of hydrogen-bond donors (Lipinski definition) is 1. The zero-order valence-corrected chi connectivity index (χ0v) is 10.9. The van der Waals surface area contributed by atoms with Gasteiger partial charge in [0.15, 0.2) is 5.82 Å². The average molecular weight is 277 g/mol. The number of hydrogen-bond acceptors (Lipinski definition) is 4. The number of nitrogen functional groups attached to an aromatic ring is 1. The molecule has 104 valence electrons. The molecule has 3 rings (SSSR count). The Kier molecular flexibility index (Phi) is 2.64. The van der Waals surface area contributed by atoms with Gasteiger partial charge >= 0.3 is 0 Å². The summed E-state index contributed by atoms with van der Waals surface area (Å²) >= 11 is 0. The molecule has 0 aliphatic heterocycles. The number of aromatic nitrogens is 3. The predicted octanol–water partition coefficient (Wildman–Crippen LogP) is 2.32. The molecule has 0 spiro atoms. The maximum atomic E-state index is 14.6. The van der Waals surface area contributed by atoms with Crippen molar-refractivity contribution < 1.29 is 8.78 Å². The minimum atomic E-state index is -1.41. The average Bonchev–Trinajstić information content (AvgIpc) is 2.67. The lowest BCUT2D eigenvalue weighted by molar-refractivity contribution is 0.0362. The highest BCUT2D eigenvalue weighted by molar-refractivity contribution is 5.58. The molecule has 0 radical (unpaired) electrons. The largest absolute Gasteiger partial charge is 0.367 e. The van der Waals surface area contributed by atoms with Crippen molar-refractivity contribution in [3.63, 3.8) is 0 Å². The van der Waals surface area contributed by atoms with Crippen LogP contribution in [0.1, 0.15) is 43.4 Å². The lowest BCUT2D eigenvalue weighted by atomic mass is 9.72. The van der Waals surface area contributed by atoms with Gasteiger partial charge in [0.25, 0.3) is 0 Å². The van der Waals surface area contributed by atoms with Crippen LogP contribution in [-0.2, 0) is 0 Å². The Labute approximate surface area is 114 Å². The number of anilines is 1. The molecule has 5 nitrogen and oxygen atoms in total. The molecule has 0 aromatic carbocycles. The van der Waals surface area contributed by atoms with Gasteiger partial charge in [-0.25, -0.2) is 18.3 Å². The summed E-state index contributed by atoms with van der Waals surface area (Å²) in [5.41, 5.74) is 4.19. The summed E-state index contributed by atoms with van der Waals surface area (Å²) in [6, 6.07) is 1.80. The fraction of sp³-hybridized carbons (Fsp3) is 0.462. The Morgan fingerprint density at radius 3 is 2.80 bits per heavy atom. The van der Waals surface area contributed by atoms with Crippen LogP contribution >= 0.6 is 0 Å². The molecule has 2 N–H and O–H groups in total. The van der Waals surface area contributed by atoms with Crippen LogP contribution in [0.5, 0.6) is 0 Å². The summed E-state index contributed by atoms with van der Waals surface area (Å²) in [4.78, 5) is 3.72. The van der Waals surface area contributed by atoms with E-state index >= 15 is 0 Å². The van der Waals surface area contributed by atoms with Crippen molar-refractivity contribution in [2.75, 3.05) is 5.73 Å². The predicted molar refractivity (Wildman–Crippen MR) is 68.2 cm³/mol. The van der Waals surface area contributed by atoms with Gasteiger partial charge in [-0.05, 0) is 19.3 Å². The van der Waals surface area contributed by atoms with E-state index in [4.69, 9.17) is 11.0 Å². The van der Waals surface area contributed by atoms with Crippen molar-refractivity contribution in [2.45, 2.75) is 37.8 Å². The molecule has 2 heterocycles. The fourth-order valence-corrected chi connectivity index (χ4v) is 2.74. The fourth-order valence-electron chi connectivity index (χ4n) is 2.74. The third-order valence-corrected chi connectivity index (χ3v) is 4.16. The minimum absolute atomic E-state index is 0.0422. The molecule has 7 heteroatoms. The standard InChI is InChI=1S/C13H13F2N5/c1-7(13(15)3-2-4-13)11-8(5-16)10(14)9-6-18-12(17)19-20(9)11/h6-7H,2-4H2,1H3,(H2,17,19). The molecule has 1 unspecified atom stereocenters. The van der Waals surface area contributed by atoms with Crippen LogP contribution in [0.4, 0.5) is 14.7 Å². The molecule has 0 saturated heterocycles. The molecular weight excluding hydrogens is 264 g/mol. The molecule has 1 atom stereocenters. The smallest absolute Gasteiger partial charge is 0.238 e. The molecule has 2 aromatic rings. The quantitative estimate of drug-likeness (QED) is 0.913. The molecule has 1 saturated carbocycles. The first-order valence-corrected chi connectivity index (χ1v) is 6.39. The molecule has 0 amide bonds. The van der Waals surface area contributed by atoms with Gasteiger partial charge in [-0.15, -0.1) is 5.10 Å². The Morgan fingerprint density at radius 1 is 1.55 bits per heavy atom. The first-order chi connectivity index (χ1) is 9.48. The molecule has 0 bridgehead atoms. The van der Waals surface area contributed by atoms with Gasteiger partial charge in [-0.3, -0.25) is 0 Å². The van der Waals surface area contributed by atoms with E-state index in [9.17, 15) is 8.78 Å². The number of rotatable bonds is 2. The maximum Gasteiger partial charge on any atom is 0.238 e. The summed E-state index contributed by atoms with van der Waals surface area (Å²) in [6.45, 7) is 1.65. The van der Waals surface area contributed by atoms with Gasteiger partial charge in [0, 0.05) is 5.92 Å².